The van der Waals surface area contributed by atoms with Crippen molar-refractivity contribution in [2.24, 2.45) is 0 Å². The Balaban J connectivity index is 1.55. The van der Waals surface area contributed by atoms with Crippen molar-refractivity contribution in [2.45, 2.75) is 0 Å². The Bertz CT molecular complexity index is 1690. The fourth-order valence-electron chi connectivity index (χ4n) is 4.58. The van der Waals surface area contributed by atoms with Crippen molar-refractivity contribution in [3.63, 3.8) is 0 Å². The molecule has 4 heterocycles. The molecular weight excluding hydrogens is 384 g/mol. The van der Waals surface area contributed by atoms with Gasteiger partial charge < -0.3 is 13.6 Å². The number of aromatic nitrogens is 4. The molecule has 0 aliphatic carbocycles. The first-order valence-corrected chi connectivity index (χ1v) is 10.2. The number of benzene rings is 3. The monoisotopic (exact) mass is 400 g/mol. The molecule has 0 radical (unpaired) electrons. The van der Waals surface area contributed by atoms with Crippen molar-refractivity contribution >= 4 is 43.9 Å². The van der Waals surface area contributed by atoms with E-state index in [1.165, 1.54) is 21.8 Å². The van der Waals surface area contributed by atoms with E-state index < -0.39 is 0 Å². The average molecular weight is 400 g/mol. The Morgan fingerprint density at radius 3 is 2.26 bits per heavy atom. The number of furan rings is 1. The van der Waals surface area contributed by atoms with Gasteiger partial charge in [0.25, 0.3) is 0 Å². The van der Waals surface area contributed by atoms with Gasteiger partial charge in [-0.3, -0.25) is 4.98 Å². The van der Waals surface area contributed by atoms with Gasteiger partial charge in [-0.15, -0.1) is 0 Å². The van der Waals surface area contributed by atoms with Crippen LogP contribution >= 0.6 is 0 Å². The molecule has 0 spiro atoms. The number of para-hydroxylation sites is 2. The first-order chi connectivity index (χ1) is 15.4. The van der Waals surface area contributed by atoms with Crippen molar-refractivity contribution in [1.82, 2.24) is 19.1 Å². The van der Waals surface area contributed by atoms with Gasteiger partial charge in [0.1, 0.15) is 11.1 Å². The number of fused-ring (bicyclic) bond motifs is 6. The largest absolute Gasteiger partial charge is 0.452 e. The van der Waals surface area contributed by atoms with E-state index in [9.17, 15) is 0 Å². The van der Waals surface area contributed by atoms with Gasteiger partial charge in [-0.25, -0.2) is 4.98 Å². The molecule has 0 aliphatic rings. The van der Waals surface area contributed by atoms with Crippen molar-refractivity contribution in [1.29, 1.82) is 0 Å². The molecule has 7 aromatic rings. The van der Waals surface area contributed by atoms with Crippen LogP contribution in [0.1, 0.15) is 0 Å². The Labute approximate surface area is 176 Å². The molecule has 0 atom stereocenters. The third-order valence-corrected chi connectivity index (χ3v) is 5.93. The number of hydrogen-bond donors (Lipinski definition) is 0. The average Bonchev–Trinajstić information content (AvgIpc) is 3.54. The summed E-state index contributed by atoms with van der Waals surface area (Å²) in [6.45, 7) is 0. The van der Waals surface area contributed by atoms with E-state index >= 15 is 0 Å². The molecule has 146 valence electrons. The highest BCUT2D eigenvalue weighted by atomic mass is 16.3. The smallest absolute Gasteiger partial charge is 0.177 e. The third kappa shape index (κ3) is 2.25. The van der Waals surface area contributed by atoms with Crippen LogP contribution in [0.25, 0.3) is 55.2 Å². The molecule has 0 saturated heterocycles. The van der Waals surface area contributed by atoms with Gasteiger partial charge in [0.15, 0.2) is 5.58 Å². The molecule has 31 heavy (non-hydrogen) atoms. The van der Waals surface area contributed by atoms with E-state index in [1.54, 1.807) is 12.5 Å². The molecule has 3 aromatic carbocycles. The number of hydrogen-bond acceptors (Lipinski definition) is 3. The Hall–Kier alpha value is -4.38. The van der Waals surface area contributed by atoms with E-state index in [0.717, 1.165) is 33.4 Å². The lowest BCUT2D eigenvalue weighted by molar-refractivity contribution is 0.664. The standard InChI is InChI=1S/C26H16N4O/c1-3-7-21-18(5-1)19-6-2-4-8-22(19)30(21)17-9-10-24-20(15-17)25-26(31-24)23(11-12-28-25)29-14-13-27-16-29/h1-16H. The van der Waals surface area contributed by atoms with Crippen LogP contribution < -0.4 is 0 Å². The number of imidazole rings is 1. The highest BCUT2D eigenvalue weighted by Crippen LogP contribution is 2.35. The minimum Gasteiger partial charge on any atom is -0.452 e. The fourth-order valence-corrected chi connectivity index (χ4v) is 4.58. The molecule has 5 nitrogen and oxygen atoms in total. The second-order valence-electron chi connectivity index (χ2n) is 7.63. The summed E-state index contributed by atoms with van der Waals surface area (Å²) in [5, 5.41) is 3.49. The van der Waals surface area contributed by atoms with Crippen molar-refractivity contribution in [3.8, 4) is 11.4 Å². The Kier molecular flexibility index (Phi) is 3.21. The van der Waals surface area contributed by atoms with Crippen LogP contribution in [0.2, 0.25) is 0 Å². The molecule has 0 N–H and O–H groups in total. The summed E-state index contributed by atoms with van der Waals surface area (Å²) in [6, 6.07) is 25.3. The zero-order valence-corrected chi connectivity index (χ0v) is 16.4. The minimum absolute atomic E-state index is 0.759. The maximum absolute atomic E-state index is 6.23. The quantitative estimate of drug-likeness (QED) is 0.344. The van der Waals surface area contributed by atoms with Crippen LogP contribution in [0.4, 0.5) is 0 Å². The topological polar surface area (TPSA) is 48.8 Å². The van der Waals surface area contributed by atoms with Crippen LogP contribution in [0.15, 0.2) is 102 Å². The number of rotatable bonds is 2. The minimum atomic E-state index is 0.759. The normalized spacial score (nSPS) is 11.9. The molecule has 4 aromatic heterocycles. The van der Waals surface area contributed by atoms with Gasteiger partial charge >= 0.3 is 0 Å². The van der Waals surface area contributed by atoms with E-state index in [-0.39, 0.29) is 0 Å². The maximum atomic E-state index is 6.23. The third-order valence-electron chi connectivity index (χ3n) is 5.93. The zero-order chi connectivity index (χ0) is 20.4. The molecule has 0 aliphatic heterocycles. The van der Waals surface area contributed by atoms with Crippen molar-refractivity contribution in [3.05, 3.63) is 97.7 Å². The molecule has 5 heteroatoms. The van der Waals surface area contributed by atoms with Gasteiger partial charge in [0, 0.05) is 40.4 Å². The lowest BCUT2D eigenvalue weighted by atomic mass is 10.2. The van der Waals surface area contributed by atoms with E-state index in [1.807, 2.05) is 29.1 Å². The van der Waals surface area contributed by atoms with Crippen LogP contribution in [-0.4, -0.2) is 19.1 Å². The zero-order valence-electron chi connectivity index (χ0n) is 16.4. The molecule has 0 unspecified atom stereocenters. The van der Waals surface area contributed by atoms with Gasteiger partial charge in [0.05, 0.1) is 23.0 Å². The lowest BCUT2D eigenvalue weighted by Crippen LogP contribution is -1.93. The van der Waals surface area contributed by atoms with Crippen LogP contribution in [0.5, 0.6) is 0 Å². The second-order valence-corrected chi connectivity index (χ2v) is 7.63. The molecule has 7 rings (SSSR count). The van der Waals surface area contributed by atoms with Gasteiger partial charge in [-0.1, -0.05) is 36.4 Å². The number of nitrogens with zero attached hydrogens (tertiary/aromatic N) is 4. The van der Waals surface area contributed by atoms with E-state index in [0.29, 0.717) is 0 Å². The number of pyridine rings is 1. The summed E-state index contributed by atoms with van der Waals surface area (Å²) in [5.41, 5.74) is 6.81. The van der Waals surface area contributed by atoms with Gasteiger partial charge in [0.2, 0.25) is 0 Å². The molecular formula is C26H16N4O. The maximum Gasteiger partial charge on any atom is 0.177 e. The first-order valence-electron chi connectivity index (χ1n) is 10.2. The summed E-state index contributed by atoms with van der Waals surface area (Å²) >= 11 is 0. The second kappa shape index (κ2) is 6.06. The van der Waals surface area contributed by atoms with Crippen LogP contribution in [0.3, 0.4) is 0 Å². The van der Waals surface area contributed by atoms with Crippen LogP contribution in [-0.2, 0) is 0 Å². The summed E-state index contributed by atoms with van der Waals surface area (Å²) in [4.78, 5) is 8.81. The summed E-state index contributed by atoms with van der Waals surface area (Å²) in [5.74, 6) is 0. The molecule has 0 fully saturated rings. The Morgan fingerprint density at radius 2 is 1.52 bits per heavy atom. The predicted octanol–water partition coefficient (Wildman–Crippen LogP) is 6.26. The highest BCUT2D eigenvalue weighted by molar-refractivity contribution is 6.10. The van der Waals surface area contributed by atoms with E-state index in [4.69, 9.17) is 4.42 Å². The summed E-state index contributed by atoms with van der Waals surface area (Å²) in [6.07, 6.45) is 7.26. The van der Waals surface area contributed by atoms with Gasteiger partial charge in [-0.05, 0) is 36.4 Å². The van der Waals surface area contributed by atoms with Crippen molar-refractivity contribution in [2.75, 3.05) is 0 Å². The SMILES string of the molecule is c1ccc2c(c1)c1ccccc1n2-c1ccc2oc3c(-n4ccnc4)ccnc3c2c1. The van der Waals surface area contributed by atoms with Gasteiger partial charge in [-0.2, -0.15) is 0 Å². The lowest BCUT2D eigenvalue weighted by Gasteiger charge is -2.07. The predicted molar refractivity (Wildman–Crippen MR) is 123 cm³/mol. The highest BCUT2D eigenvalue weighted by Gasteiger charge is 2.16. The summed E-state index contributed by atoms with van der Waals surface area (Å²) in [7, 11) is 0. The molecule has 0 bridgehead atoms. The summed E-state index contributed by atoms with van der Waals surface area (Å²) < 4.78 is 10.5. The fraction of sp³-hybridized carbons (Fsp3) is 0. The van der Waals surface area contributed by atoms with Crippen molar-refractivity contribution < 1.29 is 4.42 Å². The van der Waals surface area contributed by atoms with E-state index in [2.05, 4.69) is 75.2 Å². The first kappa shape index (κ1) is 16.4. The van der Waals surface area contributed by atoms with Crippen LogP contribution in [0, 0.1) is 0 Å². The Morgan fingerprint density at radius 1 is 0.742 bits per heavy atom. The molecule has 0 saturated carbocycles. The molecule has 0 amide bonds.